The Morgan fingerprint density at radius 3 is 1.13 bits per heavy atom. The van der Waals surface area contributed by atoms with Crippen LogP contribution in [0.3, 0.4) is 0 Å². The predicted octanol–water partition coefficient (Wildman–Crippen LogP) is 16.6. The normalized spacial score (nSPS) is 13.6. The van der Waals surface area contributed by atoms with E-state index in [0.29, 0.717) is 19.3 Å². The lowest BCUT2D eigenvalue weighted by Gasteiger charge is -2.31. The van der Waals surface area contributed by atoms with Crippen LogP contribution in [-0.2, 0) is 28.6 Å². The summed E-state index contributed by atoms with van der Waals surface area (Å²) < 4.78 is 17.4. The maximum atomic E-state index is 12.8. The Morgan fingerprint density at radius 1 is 0.435 bits per heavy atom. The van der Waals surface area contributed by atoms with Gasteiger partial charge in [0.15, 0.2) is 12.1 Å². The number of ether oxygens (including phenoxy) is 3. The molecule has 0 saturated carbocycles. The molecule has 0 bridgehead atoms. The molecule has 0 aliphatic rings. The van der Waals surface area contributed by atoms with Gasteiger partial charge in [-0.1, -0.05) is 207 Å². The molecular weight excluding hydrogens is 859 g/mol. The molecule has 0 saturated heterocycles. The van der Waals surface area contributed by atoms with E-state index >= 15 is 0 Å². The molecule has 0 heterocycles. The SMILES string of the molecule is CC/C=C/C/C=C/C/C=C/C/C=C/C/C=C/CCCCCCCCC(=O)OC(COCCC(C(=O)O)[N+](C)(C)C)COC(=O)CCCCCCCCCCCCCCC/C=C/C/C=C/C/C=C/CC. The van der Waals surface area contributed by atoms with Crippen LogP contribution in [0.1, 0.15) is 219 Å². The van der Waals surface area contributed by atoms with E-state index in [9.17, 15) is 19.5 Å². The van der Waals surface area contributed by atoms with Crippen LogP contribution in [0.15, 0.2) is 97.2 Å². The maximum Gasteiger partial charge on any atom is 0.362 e. The number of carboxylic acids is 1. The Morgan fingerprint density at radius 2 is 0.768 bits per heavy atom. The van der Waals surface area contributed by atoms with E-state index in [4.69, 9.17) is 14.2 Å². The van der Waals surface area contributed by atoms with Crippen LogP contribution in [-0.4, -0.2) is 80.6 Å². The number of rotatable bonds is 49. The summed E-state index contributed by atoms with van der Waals surface area (Å²) in [5.74, 6) is -1.49. The van der Waals surface area contributed by atoms with Gasteiger partial charge in [-0.05, 0) is 89.9 Å². The Bertz CT molecular complexity index is 1450. The standard InChI is InChI=1S/C61H103NO7/c1-6-8-10-12-14-16-18-20-22-24-26-28-30-32-33-35-37-39-41-43-45-47-49-51-59(63)68-56-57(55-67-54-53-58(61(65)66)62(3,4)5)69-60(64)52-50-48-46-44-42-40-38-36-34-31-29-27-25-23-21-19-17-15-13-11-9-7-2/h8-11,14-17,20-23,27,29,34,36,57-58H,6-7,12-13,18-19,24-26,28,30-33,35,37-56H2,1-5H3/p+1/b10-8+,11-9+,16-14+,17-15+,22-20+,23-21+,29-27+,36-34+. The first-order valence-electron chi connectivity index (χ1n) is 27.8. The summed E-state index contributed by atoms with van der Waals surface area (Å²) in [5, 5.41) is 9.68. The monoisotopic (exact) mass is 963 g/mol. The summed E-state index contributed by atoms with van der Waals surface area (Å²) in [6, 6.07) is -0.624. The summed E-state index contributed by atoms with van der Waals surface area (Å²) in [4.78, 5) is 37.3. The smallest absolute Gasteiger partial charge is 0.362 e. The molecule has 0 fully saturated rings. The van der Waals surface area contributed by atoms with Gasteiger partial charge in [0.05, 0.1) is 34.4 Å². The van der Waals surface area contributed by atoms with Gasteiger partial charge in [0.25, 0.3) is 0 Å². The van der Waals surface area contributed by atoms with Crippen molar-refractivity contribution in [3.8, 4) is 0 Å². The average molecular weight is 964 g/mol. The molecule has 0 rings (SSSR count). The first-order chi connectivity index (χ1) is 33.6. The van der Waals surface area contributed by atoms with Crippen LogP contribution in [0.4, 0.5) is 0 Å². The van der Waals surface area contributed by atoms with Crippen LogP contribution in [0.2, 0.25) is 0 Å². The average Bonchev–Trinajstić information content (AvgIpc) is 3.31. The first-order valence-corrected chi connectivity index (χ1v) is 27.8. The summed E-state index contributed by atoms with van der Waals surface area (Å²) in [6.45, 7) is 4.51. The quantitative estimate of drug-likeness (QED) is 0.0281. The number of unbranched alkanes of at least 4 members (excludes halogenated alkanes) is 19. The zero-order valence-corrected chi connectivity index (χ0v) is 45.0. The molecule has 394 valence electrons. The van der Waals surface area contributed by atoms with Crippen LogP contribution in [0, 0.1) is 0 Å². The van der Waals surface area contributed by atoms with E-state index in [1.54, 1.807) is 0 Å². The van der Waals surface area contributed by atoms with Crippen molar-refractivity contribution in [1.82, 2.24) is 0 Å². The molecule has 0 aromatic rings. The Kier molecular flexibility index (Phi) is 47.9. The second kappa shape index (κ2) is 50.6. The molecular formula is C61H104NO7+. The zero-order chi connectivity index (χ0) is 50.6. The van der Waals surface area contributed by atoms with Crippen molar-refractivity contribution in [2.45, 2.75) is 231 Å². The number of likely N-dealkylation sites (N-methyl/N-ethyl adjacent to an activating group) is 1. The number of allylic oxidation sites excluding steroid dienone is 16. The number of quaternary nitrogens is 1. The Balaban J connectivity index is 4.23. The number of hydrogen-bond acceptors (Lipinski definition) is 6. The van der Waals surface area contributed by atoms with Gasteiger partial charge in [-0.15, -0.1) is 0 Å². The molecule has 0 aliphatic carbocycles. The van der Waals surface area contributed by atoms with Gasteiger partial charge in [-0.2, -0.15) is 0 Å². The first kappa shape index (κ1) is 65.2. The summed E-state index contributed by atoms with van der Waals surface area (Å²) in [6.07, 6.45) is 68.9. The highest BCUT2D eigenvalue weighted by Crippen LogP contribution is 2.15. The number of carbonyl (C=O) groups excluding carboxylic acids is 2. The second-order valence-electron chi connectivity index (χ2n) is 19.4. The van der Waals surface area contributed by atoms with Crippen LogP contribution < -0.4 is 0 Å². The molecule has 0 aliphatic heterocycles. The maximum absolute atomic E-state index is 12.8. The lowest BCUT2D eigenvalue weighted by molar-refractivity contribution is -0.887. The van der Waals surface area contributed by atoms with Gasteiger partial charge in [0.1, 0.15) is 6.61 Å². The van der Waals surface area contributed by atoms with E-state index in [1.165, 1.54) is 83.5 Å². The number of aliphatic carboxylic acids is 1. The summed E-state index contributed by atoms with van der Waals surface area (Å²) in [5.41, 5.74) is 0. The van der Waals surface area contributed by atoms with Gasteiger partial charge in [-0.3, -0.25) is 9.59 Å². The third kappa shape index (κ3) is 49.0. The lowest BCUT2D eigenvalue weighted by Crippen LogP contribution is -2.50. The third-order valence-electron chi connectivity index (χ3n) is 12.0. The van der Waals surface area contributed by atoms with Gasteiger partial charge in [-0.25, -0.2) is 4.79 Å². The Hall–Kier alpha value is -3.75. The fourth-order valence-electron chi connectivity index (χ4n) is 7.78. The van der Waals surface area contributed by atoms with Crippen molar-refractivity contribution in [2.24, 2.45) is 0 Å². The number of esters is 2. The minimum Gasteiger partial charge on any atom is -0.477 e. The fourth-order valence-corrected chi connectivity index (χ4v) is 7.78. The van der Waals surface area contributed by atoms with Crippen molar-refractivity contribution in [3.05, 3.63) is 97.2 Å². The number of carboxylic acid groups (broad SMARTS) is 1. The highest BCUT2D eigenvalue weighted by Gasteiger charge is 2.31. The molecule has 1 N–H and O–H groups in total. The van der Waals surface area contributed by atoms with Crippen molar-refractivity contribution in [2.75, 3.05) is 41.0 Å². The van der Waals surface area contributed by atoms with E-state index in [0.717, 1.165) is 103 Å². The highest BCUT2D eigenvalue weighted by atomic mass is 16.6. The van der Waals surface area contributed by atoms with Crippen LogP contribution in [0.25, 0.3) is 0 Å². The van der Waals surface area contributed by atoms with E-state index in [1.807, 2.05) is 21.1 Å². The molecule has 0 spiro atoms. The van der Waals surface area contributed by atoms with Gasteiger partial charge in [0.2, 0.25) is 0 Å². The molecule has 0 radical (unpaired) electrons. The zero-order valence-electron chi connectivity index (χ0n) is 45.0. The number of hydrogen-bond donors (Lipinski definition) is 1. The van der Waals surface area contributed by atoms with E-state index < -0.39 is 18.1 Å². The molecule has 0 amide bonds. The molecule has 8 heteroatoms. The van der Waals surface area contributed by atoms with E-state index in [-0.39, 0.29) is 36.2 Å². The number of nitrogens with zero attached hydrogens (tertiary/aromatic N) is 1. The van der Waals surface area contributed by atoms with Crippen LogP contribution in [0.5, 0.6) is 0 Å². The minimum atomic E-state index is -0.880. The molecule has 2 unspecified atom stereocenters. The lowest BCUT2D eigenvalue weighted by atomic mass is 10.0. The molecule has 69 heavy (non-hydrogen) atoms. The Labute approximate surface area is 424 Å². The van der Waals surface area contributed by atoms with Gasteiger partial charge >= 0.3 is 17.9 Å². The van der Waals surface area contributed by atoms with Crippen molar-refractivity contribution in [3.63, 3.8) is 0 Å². The molecule has 8 nitrogen and oxygen atoms in total. The van der Waals surface area contributed by atoms with Crippen molar-refractivity contribution in [1.29, 1.82) is 0 Å². The number of carbonyl (C=O) groups is 3. The topological polar surface area (TPSA) is 99.1 Å². The molecule has 2 atom stereocenters. The predicted molar refractivity (Wildman–Crippen MR) is 293 cm³/mol. The highest BCUT2D eigenvalue weighted by molar-refractivity contribution is 5.72. The minimum absolute atomic E-state index is 0.0502. The van der Waals surface area contributed by atoms with Crippen LogP contribution >= 0.6 is 0 Å². The summed E-state index contributed by atoms with van der Waals surface area (Å²) in [7, 11) is 5.53. The van der Waals surface area contributed by atoms with E-state index in [2.05, 4.69) is 111 Å². The van der Waals surface area contributed by atoms with Gasteiger partial charge < -0.3 is 23.8 Å². The fraction of sp³-hybridized carbons (Fsp3) is 0.689. The molecule has 0 aromatic carbocycles. The van der Waals surface area contributed by atoms with Crippen molar-refractivity contribution < 1.29 is 38.2 Å². The van der Waals surface area contributed by atoms with Crippen molar-refractivity contribution >= 4 is 17.9 Å². The third-order valence-corrected chi connectivity index (χ3v) is 12.0. The largest absolute Gasteiger partial charge is 0.477 e. The molecule has 0 aromatic heterocycles. The van der Waals surface area contributed by atoms with Gasteiger partial charge in [0, 0.05) is 19.3 Å². The summed E-state index contributed by atoms with van der Waals surface area (Å²) >= 11 is 0. The second-order valence-corrected chi connectivity index (χ2v) is 19.4.